The summed E-state index contributed by atoms with van der Waals surface area (Å²) < 4.78 is 56.6. The minimum atomic E-state index is -4.52. The van der Waals surface area contributed by atoms with E-state index in [1.54, 1.807) is 4.57 Å². The van der Waals surface area contributed by atoms with Crippen LogP contribution in [0, 0.1) is 5.82 Å². The first-order valence-corrected chi connectivity index (χ1v) is 6.16. The number of nitrogens with zero attached hydrogens (tertiary/aromatic N) is 1. The quantitative estimate of drug-likeness (QED) is 0.866. The topological polar surface area (TPSA) is 43.3 Å². The van der Waals surface area contributed by atoms with E-state index in [2.05, 4.69) is 5.32 Å². The summed E-state index contributed by atoms with van der Waals surface area (Å²) >= 11 is 0. The van der Waals surface area contributed by atoms with Crippen molar-refractivity contribution in [3.05, 3.63) is 29.7 Å². The summed E-state index contributed by atoms with van der Waals surface area (Å²) in [5.74, 6) is -1.29. The lowest BCUT2D eigenvalue weighted by Crippen LogP contribution is -2.34. The third-order valence-electron chi connectivity index (χ3n) is 3.17. The molecule has 21 heavy (non-hydrogen) atoms. The fourth-order valence-corrected chi connectivity index (χ4v) is 2.40. The SMILES string of the molecule is O=C1NCCn2c1cc1cc(F)cc(OCC(F)(F)F)c12. The standard InChI is InChI=1S/C13H10F4N2O2/c14-8-3-7-4-9-12(20)18-1-2-19(9)11(7)10(5-8)21-6-13(15,16)17/h3-5H,1-2,6H2,(H,18,20). The lowest BCUT2D eigenvalue weighted by atomic mass is 10.2. The van der Waals surface area contributed by atoms with E-state index in [-0.39, 0.29) is 17.4 Å². The number of halogens is 4. The Balaban J connectivity index is 2.12. The minimum Gasteiger partial charge on any atom is -0.482 e. The van der Waals surface area contributed by atoms with E-state index in [0.29, 0.717) is 24.0 Å². The van der Waals surface area contributed by atoms with Gasteiger partial charge in [-0.15, -0.1) is 0 Å². The summed E-state index contributed by atoms with van der Waals surface area (Å²) in [6.45, 7) is -0.775. The molecular formula is C13H10F4N2O2. The molecule has 112 valence electrons. The summed E-state index contributed by atoms with van der Waals surface area (Å²) in [5.41, 5.74) is 0.573. The first kappa shape index (κ1) is 13.7. The lowest BCUT2D eigenvalue weighted by Gasteiger charge is -2.18. The maximum absolute atomic E-state index is 13.5. The van der Waals surface area contributed by atoms with Crippen LogP contribution in [-0.2, 0) is 6.54 Å². The van der Waals surface area contributed by atoms with Crippen LogP contribution in [-0.4, -0.2) is 29.8 Å². The Morgan fingerprint density at radius 2 is 2.05 bits per heavy atom. The van der Waals surface area contributed by atoms with Gasteiger partial charge in [0.25, 0.3) is 5.91 Å². The van der Waals surface area contributed by atoms with E-state index < -0.39 is 18.6 Å². The maximum atomic E-state index is 13.5. The van der Waals surface area contributed by atoms with Crippen molar-refractivity contribution >= 4 is 16.8 Å². The van der Waals surface area contributed by atoms with Crippen molar-refractivity contribution in [2.24, 2.45) is 0 Å². The third kappa shape index (κ3) is 2.53. The van der Waals surface area contributed by atoms with Crippen molar-refractivity contribution in [1.82, 2.24) is 9.88 Å². The second-order valence-electron chi connectivity index (χ2n) is 4.68. The van der Waals surface area contributed by atoms with Gasteiger partial charge in [0.05, 0.1) is 5.52 Å². The molecule has 3 rings (SSSR count). The summed E-state index contributed by atoms with van der Waals surface area (Å²) in [6, 6.07) is 3.50. The Morgan fingerprint density at radius 1 is 1.29 bits per heavy atom. The molecule has 1 aromatic heterocycles. The lowest BCUT2D eigenvalue weighted by molar-refractivity contribution is -0.153. The van der Waals surface area contributed by atoms with E-state index >= 15 is 0 Å². The van der Waals surface area contributed by atoms with Crippen LogP contribution in [0.3, 0.4) is 0 Å². The largest absolute Gasteiger partial charge is 0.482 e. The summed E-state index contributed by atoms with van der Waals surface area (Å²) in [4.78, 5) is 11.7. The number of carbonyl (C=O) groups is 1. The second-order valence-corrected chi connectivity index (χ2v) is 4.68. The maximum Gasteiger partial charge on any atom is 0.422 e. The molecule has 1 aliphatic heterocycles. The van der Waals surface area contributed by atoms with Gasteiger partial charge < -0.3 is 14.6 Å². The molecule has 0 atom stereocenters. The molecule has 2 aromatic rings. The molecule has 0 unspecified atom stereocenters. The van der Waals surface area contributed by atoms with Crippen LogP contribution in [0.25, 0.3) is 10.9 Å². The Morgan fingerprint density at radius 3 is 2.76 bits per heavy atom. The van der Waals surface area contributed by atoms with Crippen LogP contribution in [0.1, 0.15) is 10.5 Å². The minimum absolute atomic E-state index is 0.219. The van der Waals surface area contributed by atoms with E-state index in [1.807, 2.05) is 0 Å². The highest BCUT2D eigenvalue weighted by molar-refractivity contribution is 6.00. The van der Waals surface area contributed by atoms with Gasteiger partial charge in [0.15, 0.2) is 6.61 Å². The smallest absolute Gasteiger partial charge is 0.422 e. The molecule has 0 aliphatic carbocycles. The van der Waals surface area contributed by atoms with Crippen LogP contribution in [0.4, 0.5) is 17.6 Å². The molecule has 8 heteroatoms. The fraction of sp³-hybridized carbons (Fsp3) is 0.308. The number of carbonyl (C=O) groups excluding carboxylic acids is 1. The molecule has 1 aromatic carbocycles. The second kappa shape index (κ2) is 4.64. The number of fused-ring (bicyclic) bond motifs is 3. The average molecular weight is 302 g/mol. The van der Waals surface area contributed by atoms with E-state index in [9.17, 15) is 22.4 Å². The van der Waals surface area contributed by atoms with Gasteiger partial charge in [-0.1, -0.05) is 0 Å². The molecule has 0 saturated carbocycles. The molecule has 1 N–H and O–H groups in total. The highest BCUT2D eigenvalue weighted by Crippen LogP contribution is 2.32. The first-order chi connectivity index (χ1) is 9.85. The predicted octanol–water partition coefficient (Wildman–Crippen LogP) is 2.46. The van der Waals surface area contributed by atoms with E-state index in [0.717, 1.165) is 12.1 Å². The number of nitrogens with one attached hydrogen (secondary N) is 1. The van der Waals surface area contributed by atoms with E-state index in [4.69, 9.17) is 4.74 Å². The number of hydrogen-bond acceptors (Lipinski definition) is 2. The predicted molar refractivity (Wildman–Crippen MR) is 65.8 cm³/mol. The highest BCUT2D eigenvalue weighted by atomic mass is 19.4. The monoisotopic (exact) mass is 302 g/mol. The summed E-state index contributed by atoms with van der Waals surface area (Å²) in [7, 11) is 0. The highest BCUT2D eigenvalue weighted by Gasteiger charge is 2.30. The summed E-state index contributed by atoms with van der Waals surface area (Å²) in [6.07, 6.45) is -4.52. The molecule has 0 radical (unpaired) electrons. The normalized spacial score (nSPS) is 15.0. The van der Waals surface area contributed by atoms with Gasteiger partial charge in [-0.05, 0) is 12.1 Å². The van der Waals surface area contributed by atoms with E-state index in [1.165, 1.54) is 6.07 Å². The molecular weight excluding hydrogens is 292 g/mol. The van der Waals surface area contributed by atoms with Crippen molar-refractivity contribution in [2.45, 2.75) is 12.7 Å². The Hall–Kier alpha value is -2.25. The molecule has 2 heterocycles. The van der Waals surface area contributed by atoms with Crippen molar-refractivity contribution < 1.29 is 27.1 Å². The molecule has 0 spiro atoms. The molecule has 1 amide bonds. The molecule has 4 nitrogen and oxygen atoms in total. The number of ether oxygens (including phenoxy) is 1. The number of benzene rings is 1. The average Bonchev–Trinajstić information content (AvgIpc) is 2.75. The molecule has 1 aliphatic rings. The van der Waals surface area contributed by atoms with Gasteiger partial charge in [-0.25, -0.2) is 4.39 Å². The van der Waals surface area contributed by atoms with Gasteiger partial charge in [0, 0.05) is 24.5 Å². The molecule has 0 bridgehead atoms. The van der Waals surface area contributed by atoms with Gasteiger partial charge in [0.2, 0.25) is 0 Å². The zero-order valence-electron chi connectivity index (χ0n) is 10.6. The van der Waals surface area contributed by atoms with Crippen molar-refractivity contribution in [1.29, 1.82) is 0 Å². The van der Waals surface area contributed by atoms with Gasteiger partial charge >= 0.3 is 6.18 Å². The molecule has 0 saturated heterocycles. The number of aromatic nitrogens is 1. The third-order valence-corrected chi connectivity index (χ3v) is 3.17. The Kier molecular flexibility index (Phi) is 3.03. The number of alkyl halides is 3. The van der Waals surface area contributed by atoms with Crippen molar-refractivity contribution in [2.75, 3.05) is 13.2 Å². The van der Waals surface area contributed by atoms with Crippen molar-refractivity contribution in [3.63, 3.8) is 0 Å². The van der Waals surface area contributed by atoms with Gasteiger partial charge in [-0.2, -0.15) is 13.2 Å². The van der Waals surface area contributed by atoms with Gasteiger partial charge in [0.1, 0.15) is 17.3 Å². The van der Waals surface area contributed by atoms with Crippen LogP contribution < -0.4 is 10.1 Å². The Bertz CT molecular complexity index is 721. The zero-order valence-corrected chi connectivity index (χ0v) is 10.6. The first-order valence-electron chi connectivity index (χ1n) is 6.16. The van der Waals surface area contributed by atoms with Crippen LogP contribution in [0.2, 0.25) is 0 Å². The van der Waals surface area contributed by atoms with Crippen LogP contribution >= 0.6 is 0 Å². The number of rotatable bonds is 2. The van der Waals surface area contributed by atoms with Crippen molar-refractivity contribution in [3.8, 4) is 5.75 Å². The Labute approximate surface area is 116 Å². The number of amides is 1. The zero-order chi connectivity index (χ0) is 15.2. The molecule has 0 fully saturated rings. The van der Waals surface area contributed by atoms with Crippen LogP contribution in [0.15, 0.2) is 18.2 Å². The summed E-state index contributed by atoms with van der Waals surface area (Å²) in [5, 5.41) is 2.95. The fourth-order valence-electron chi connectivity index (χ4n) is 2.40. The van der Waals surface area contributed by atoms with Crippen LogP contribution in [0.5, 0.6) is 5.75 Å². The van der Waals surface area contributed by atoms with Gasteiger partial charge in [-0.3, -0.25) is 4.79 Å². The number of hydrogen-bond donors (Lipinski definition) is 1.